The molecule has 0 amide bonds. The van der Waals surface area contributed by atoms with E-state index in [-0.39, 0.29) is 0 Å². The molecule has 0 spiro atoms. The average molecular weight is 252 g/mol. The molecule has 3 heteroatoms. The third-order valence-electron chi connectivity index (χ3n) is 2.96. The predicted molar refractivity (Wildman–Crippen MR) is 72.0 cm³/mol. The molecule has 0 bridgehead atoms. The lowest BCUT2D eigenvalue weighted by Crippen LogP contribution is -2.08. The first-order valence-electron chi connectivity index (χ1n) is 5.94. The highest BCUT2D eigenvalue weighted by molar-refractivity contribution is 6.32. The molecule has 1 aliphatic heterocycles. The van der Waals surface area contributed by atoms with Gasteiger partial charge in [0, 0.05) is 6.54 Å². The molecule has 1 aromatic carbocycles. The predicted octanol–water partition coefficient (Wildman–Crippen LogP) is 3.37. The van der Waals surface area contributed by atoms with Crippen molar-refractivity contribution in [3.8, 4) is 5.75 Å². The van der Waals surface area contributed by atoms with E-state index < -0.39 is 0 Å². The SMILES string of the molecule is C=C(C)COc1ccc(C2CCNC2)cc1Cl. The lowest BCUT2D eigenvalue weighted by molar-refractivity contribution is 0.353. The first-order valence-corrected chi connectivity index (χ1v) is 6.32. The van der Waals surface area contributed by atoms with Crippen LogP contribution in [0.3, 0.4) is 0 Å². The zero-order valence-corrected chi connectivity index (χ0v) is 10.9. The number of benzene rings is 1. The van der Waals surface area contributed by atoms with E-state index in [1.54, 1.807) is 0 Å². The number of hydrogen-bond donors (Lipinski definition) is 1. The molecule has 1 aromatic rings. The molecule has 2 nitrogen and oxygen atoms in total. The highest BCUT2D eigenvalue weighted by Crippen LogP contribution is 2.31. The van der Waals surface area contributed by atoms with E-state index in [9.17, 15) is 0 Å². The molecule has 1 heterocycles. The molecule has 92 valence electrons. The van der Waals surface area contributed by atoms with E-state index in [2.05, 4.69) is 18.0 Å². The van der Waals surface area contributed by atoms with Gasteiger partial charge in [-0.2, -0.15) is 0 Å². The molecule has 1 fully saturated rings. The smallest absolute Gasteiger partial charge is 0.138 e. The van der Waals surface area contributed by atoms with E-state index in [1.165, 1.54) is 12.0 Å². The first kappa shape index (κ1) is 12.5. The Hall–Kier alpha value is -0.990. The van der Waals surface area contributed by atoms with Crippen molar-refractivity contribution in [2.75, 3.05) is 19.7 Å². The van der Waals surface area contributed by atoms with Crippen LogP contribution in [-0.4, -0.2) is 19.7 Å². The van der Waals surface area contributed by atoms with Crippen LogP contribution in [0.2, 0.25) is 5.02 Å². The molecular weight excluding hydrogens is 234 g/mol. The molecule has 0 radical (unpaired) electrons. The third kappa shape index (κ3) is 3.24. The summed E-state index contributed by atoms with van der Waals surface area (Å²) in [4.78, 5) is 0. The van der Waals surface area contributed by atoms with Crippen molar-refractivity contribution < 1.29 is 4.74 Å². The van der Waals surface area contributed by atoms with E-state index in [4.69, 9.17) is 16.3 Å². The summed E-state index contributed by atoms with van der Waals surface area (Å²) in [6.07, 6.45) is 1.18. The van der Waals surface area contributed by atoms with Crippen LogP contribution >= 0.6 is 11.6 Å². The van der Waals surface area contributed by atoms with E-state index in [0.29, 0.717) is 17.5 Å². The van der Waals surface area contributed by atoms with Gasteiger partial charge < -0.3 is 10.1 Å². The fourth-order valence-electron chi connectivity index (χ4n) is 2.03. The maximum absolute atomic E-state index is 6.22. The monoisotopic (exact) mass is 251 g/mol. The summed E-state index contributed by atoms with van der Waals surface area (Å²) in [5.74, 6) is 1.33. The lowest BCUT2D eigenvalue weighted by Gasteiger charge is -2.12. The van der Waals surface area contributed by atoms with Gasteiger partial charge in [-0.15, -0.1) is 0 Å². The minimum absolute atomic E-state index is 0.518. The molecule has 0 saturated carbocycles. The van der Waals surface area contributed by atoms with Crippen molar-refractivity contribution in [3.05, 3.63) is 40.9 Å². The molecule has 17 heavy (non-hydrogen) atoms. The zero-order chi connectivity index (χ0) is 12.3. The van der Waals surface area contributed by atoms with Crippen LogP contribution in [-0.2, 0) is 0 Å². The Morgan fingerprint density at radius 1 is 1.59 bits per heavy atom. The number of rotatable bonds is 4. The number of ether oxygens (including phenoxy) is 1. The molecule has 1 saturated heterocycles. The molecule has 1 atom stereocenters. The van der Waals surface area contributed by atoms with Gasteiger partial charge in [0.1, 0.15) is 12.4 Å². The van der Waals surface area contributed by atoms with Crippen molar-refractivity contribution in [3.63, 3.8) is 0 Å². The Morgan fingerprint density at radius 3 is 3.00 bits per heavy atom. The Bertz CT molecular complexity index is 411. The van der Waals surface area contributed by atoms with Gasteiger partial charge in [-0.05, 0) is 49.1 Å². The van der Waals surface area contributed by atoms with E-state index in [0.717, 1.165) is 24.4 Å². The minimum atomic E-state index is 0.518. The van der Waals surface area contributed by atoms with Crippen molar-refractivity contribution in [1.82, 2.24) is 5.32 Å². The molecule has 1 aliphatic rings. The summed E-state index contributed by atoms with van der Waals surface area (Å²) in [5.41, 5.74) is 2.29. The summed E-state index contributed by atoms with van der Waals surface area (Å²) < 4.78 is 5.57. The third-order valence-corrected chi connectivity index (χ3v) is 3.26. The van der Waals surface area contributed by atoms with Gasteiger partial charge in [-0.25, -0.2) is 0 Å². The van der Waals surface area contributed by atoms with Crippen LogP contribution in [0.4, 0.5) is 0 Å². The minimum Gasteiger partial charge on any atom is -0.488 e. The quantitative estimate of drug-likeness (QED) is 0.829. The second kappa shape index (κ2) is 5.56. The Morgan fingerprint density at radius 2 is 2.41 bits per heavy atom. The molecule has 1 N–H and O–H groups in total. The van der Waals surface area contributed by atoms with Gasteiger partial charge in [-0.3, -0.25) is 0 Å². The molecule has 1 unspecified atom stereocenters. The van der Waals surface area contributed by atoms with Crippen molar-refractivity contribution >= 4 is 11.6 Å². The Kier molecular flexibility index (Phi) is 4.08. The lowest BCUT2D eigenvalue weighted by atomic mass is 9.98. The van der Waals surface area contributed by atoms with Crippen LogP contribution < -0.4 is 10.1 Å². The average Bonchev–Trinajstić information content (AvgIpc) is 2.80. The molecule has 0 aliphatic carbocycles. The summed E-state index contributed by atoms with van der Waals surface area (Å²) in [6, 6.07) is 6.09. The maximum Gasteiger partial charge on any atom is 0.138 e. The largest absolute Gasteiger partial charge is 0.488 e. The van der Waals surface area contributed by atoms with Crippen molar-refractivity contribution in [2.45, 2.75) is 19.3 Å². The topological polar surface area (TPSA) is 21.3 Å². The Balaban J connectivity index is 2.08. The molecule has 0 aromatic heterocycles. The second-order valence-corrected chi connectivity index (χ2v) is 5.03. The normalized spacial score (nSPS) is 19.3. The van der Waals surface area contributed by atoms with Gasteiger partial charge in [0.25, 0.3) is 0 Å². The van der Waals surface area contributed by atoms with Crippen molar-refractivity contribution in [1.29, 1.82) is 0 Å². The van der Waals surface area contributed by atoms with Gasteiger partial charge in [0.15, 0.2) is 0 Å². The zero-order valence-electron chi connectivity index (χ0n) is 10.1. The van der Waals surface area contributed by atoms with Crippen molar-refractivity contribution in [2.24, 2.45) is 0 Å². The summed E-state index contributed by atoms with van der Waals surface area (Å²) in [6.45, 7) is 8.40. The van der Waals surface area contributed by atoms with Crippen LogP contribution in [0.25, 0.3) is 0 Å². The number of nitrogens with one attached hydrogen (secondary N) is 1. The standard InChI is InChI=1S/C14H18ClNO/c1-10(2)9-17-14-4-3-11(7-13(14)15)12-5-6-16-8-12/h3-4,7,12,16H,1,5-6,8-9H2,2H3. The van der Waals surface area contributed by atoms with E-state index >= 15 is 0 Å². The highest BCUT2D eigenvalue weighted by atomic mass is 35.5. The number of hydrogen-bond acceptors (Lipinski definition) is 2. The maximum atomic E-state index is 6.22. The van der Waals surface area contributed by atoms with Gasteiger partial charge >= 0.3 is 0 Å². The van der Waals surface area contributed by atoms with Crippen LogP contribution in [0.5, 0.6) is 5.75 Å². The molecular formula is C14H18ClNO. The Labute approximate surface area is 108 Å². The fourth-order valence-corrected chi connectivity index (χ4v) is 2.27. The van der Waals surface area contributed by atoms with E-state index in [1.807, 2.05) is 19.1 Å². The summed E-state index contributed by atoms with van der Waals surface area (Å²) >= 11 is 6.22. The first-order chi connectivity index (χ1) is 8.16. The van der Waals surface area contributed by atoms with Crippen LogP contribution in [0.1, 0.15) is 24.8 Å². The van der Waals surface area contributed by atoms with Gasteiger partial charge in [-0.1, -0.05) is 24.2 Å². The van der Waals surface area contributed by atoms with Crippen LogP contribution in [0.15, 0.2) is 30.4 Å². The number of halogens is 1. The van der Waals surface area contributed by atoms with Crippen LogP contribution in [0, 0.1) is 0 Å². The molecule has 2 rings (SSSR count). The van der Waals surface area contributed by atoms with Gasteiger partial charge in [0.2, 0.25) is 0 Å². The second-order valence-electron chi connectivity index (χ2n) is 4.63. The summed E-state index contributed by atoms with van der Waals surface area (Å²) in [5, 5.41) is 4.05. The fraction of sp³-hybridized carbons (Fsp3) is 0.429. The highest BCUT2D eigenvalue weighted by Gasteiger charge is 2.17. The summed E-state index contributed by atoms with van der Waals surface area (Å²) in [7, 11) is 0. The van der Waals surface area contributed by atoms with Gasteiger partial charge in [0.05, 0.1) is 5.02 Å².